The molecule has 0 spiro atoms. The van der Waals surface area contributed by atoms with Gasteiger partial charge in [-0.05, 0) is 30.9 Å². The van der Waals surface area contributed by atoms with E-state index in [9.17, 15) is 4.39 Å². The molecule has 2 N–H and O–H groups in total. The number of fused-ring (bicyclic) bond motifs is 1. The molecular weight excluding hydrogens is 237 g/mol. The molecule has 2 rings (SSSR count). The van der Waals surface area contributed by atoms with Crippen molar-refractivity contribution in [2.24, 2.45) is 5.73 Å². The van der Waals surface area contributed by atoms with Gasteiger partial charge in [0.05, 0.1) is 0 Å². The SMILES string of the molecule is CSCCCC1CC(N)c2ccc(F)cc2O1. The molecule has 0 aliphatic carbocycles. The normalized spacial score (nSPS) is 23.0. The Morgan fingerprint density at radius 3 is 3.12 bits per heavy atom. The van der Waals surface area contributed by atoms with Crippen LogP contribution in [0.5, 0.6) is 5.75 Å². The largest absolute Gasteiger partial charge is 0.490 e. The summed E-state index contributed by atoms with van der Waals surface area (Å²) in [6.45, 7) is 0. The Kier molecular flexibility index (Phi) is 4.29. The topological polar surface area (TPSA) is 35.2 Å². The van der Waals surface area contributed by atoms with Crippen molar-refractivity contribution in [1.29, 1.82) is 0 Å². The molecule has 4 heteroatoms. The maximum Gasteiger partial charge on any atom is 0.127 e. The lowest BCUT2D eigenvalue weighted by Crippen LogP contribution is -2.29. The zero-order chi connectivity index (χ0) is 12.3. The summed E-state index contributed by atoms with van der Waals surface area (Å²) in [5.74, 6) is 1.49. The lowest BCUT2D eigenvalue weighted by molar-refractivity contribution is 0.149. The van der Waals surface area contributed by atoms with Crippen LogP contribution >= 0.6 is 11.8 Å². The molecule has 0 aromatic heterocycles. The number of rotatable bonds is 4. The third kappa shape index (κ3) is 3.13. The summed E-state index contributed by atoms with van der Waals surface area (Å²) in [5.41, 5.74) is 7.01. The highest BCUT2D eigenvalue weighted by molar-refractivity contribution is 7.98. The average Bonchev–Trinajstić information content (AvgIpc) is 2.28. The van der Waals surface area contributed by atoms with Crippen LogP contribution in [-0.4, -0.2) is 18.1 Å². The van der Waals surface area contributed by atoms with Gasteiger partial charge >= 0.3 is 0 Å². The summed E-state index contributed by atoms with van der Waals surface area (Å²) < 4.78 is 18.9. The summed E-state index contributed by atoms with van der Waals surface area (Å²) in [5, 5.41) is 0. The van der Waals surface area contributed by atoms with Gasteiger partial charge < -0.3 is 10.5 Å². The fraction of sp³-hybridized carbons (Fsp3) is 0.538. The zero-order valence-electron chi connectivity index (χ0n) is 9.99. The van der Waals surface area contributed by atoms with E-state index in [4.69, 9.17) is 10.5 Å². The first-order chi connectivity index (χ1) is 8.20. The van der Waals surface area contributed by atoms with Gasteiger partial charge in [-0.15, -0.1) is 0 Å². The molecule has 2 unspecified atom stereocenters. The van der Waals surface area contributed by atoms with E-state index < -0.39 is 0 Å². The third-order valence-corrected chi connectivity index (χ3v) is 3.76. The van der Waals surface area contributed by atoms with Crippen LogP contribution in [0.1, 0.15) is 30.9 Å². The molecule has 1 aromatic rings. The number of hydrogen-bond donors (Lipinski definition) is 1. The predicted molar refractivity (Wildman–Crippen MR) is 70.0 cm³/mol. The van der Waals surface area contributed by atoms with Gasteiger partial charge in [0.2, 0.25) is 0 Å². The van der Waals surface area contributed by atoms with Gasteiger partial charge in [0.1, 0.15) is 17.7 Å². The van der Waals surface area contributed by atoms with Crippen molar-refractivity contribution in [3.8, 4) is 5.75 Å². The Bertz CT molecular complexity index is 386. The second-order valence-corrected chi connectivity index (χ2v) is 5.38. The van der Waals surface area contributed by atoms with Crippen molar-refractivity contribution < 1.29 is 9.13 Å². The molecule has 1 aliphatic heterocycles. The van der Waals surface area contributed by atoms with Crippen LogP contribution in [-0.2, 0) is 0 Å². The molecule has 1 heterocycles. The Balaban J connectivity index is 2.04. The average molecular weight is 255 g/mol. The van der Waals surface area contributed by atoms with E-state index in [-0.39, 0.29) is 18.0 Å². The molecule has 1 aromatic carbocycles. The van der Waals surface area contributed by atoms with Gasteiger partial charge in [-0.25, -0.2) is 4.39 Å². The van der Waals surface area contributed by atoms with Gasteiger partial charge in [0, 0.05) is 24.1 Å². The molecule has 1 aliphatic rings. The second kappa shape index (κ2) is 5.74. The van der Waals surface area contributed by atoms with Crippen molar-refractivity contribution >= 4 is 11.8 Å². The Hall–Kier alpha value is -0.740. The van der Waals surface area contributed by atoms with Gasteiger partial charge in [0.15, 0.2) is 0 Å². The van der Waals surface area contributed by atoms with Crippen molar-refractivity contribution in [3.05, 3.63) is 29.6 Å². The molecule has 0 amide bonds. The smallest absolute Gasteiger partial charge is 0.127 e. The molecule has 17 heavy (non-hydrogen) atoms. The molecular formula is C13H18FNOS. The molecule has 2 nitrogen and oxygen atoms in total. The maximum absolute atomic E-state index is 13.1. The van der Waals surface area contributed by atoms with Crippen molar-refractivity contribution in [2.45, 2.75) is 31.4 Å². The summed E-state index contributed by atoms with van der Waals surface area (Å²) in [7, 11) is 0. The standard InChI is InChI=1S/C13H18FNOS/c1-17-6-2-3-10-8-12(15)11-5-4-9(14)7-13(11)16-10/h4-5,7,10,12H,2-3,6,8,15H2,1H3. The highest BCUT2D eigenvalue weighted by atomic mass is 32.2. The first-order valence-corrected chi connectivity index (χ1v) is 7.30. The fourth-order valence-electron chi connectivity index (χ4n) is 2.19. The van der Waals surface area contributed by atoms with E-state index in [2.05, 4.69) is 6.26 Å². The van der Waals surface area contributed by atoms with E-state index in [0.29, 0.717) is 5.75 Å². The molecule has 0 saturated carbocycles. The number of nitrogens with two attached hydrogens (primary N) is 1. The van der Waals surface area contributed by atoms with E-state index in [1.807, 2.05) is 11.8 Å². The molecule has 2 atom stereocenters. The number of benzene rings is 1. The second-order valence-electron chi connectivity index (χ2n) is 4.40. The third-order valence-electron chi connectivity index (χ3n) is 3.06. The van der Waals surface area contributed by atoms with Crippen molar-refractivity contribution in [3.63, 3.8) is 0 Å². The Morgan fingerprint density at radius 2 is 2.35 bits per heavy atom. The molecule has 0 bridgehead atoms. The van der Waals surface area contributed by atoms with Crippen LogP contribution in [0.15, 0.2) is 18.2 Å². The first-order valence-electron chi connectivity index (χ1n) is 5.91. The molecule has 94 valence electrons. The summed E-state index contributed by atoms with van der Waals surface area (Å²) >= 11 is 1.83. The van der Waals surface area contributed by atoms with Crippen molar-refractivity contribution in [1.82, 2.24) is 0 Å². The van der Waals surface area contributed by atoms with Crippen LogP contribution in [0.3, 0.4) is 0 Å². The van der Waals surface area contributed by atoms with Crippen molar-refractivity contribution in [2.75, 3.05) is 12.0 Å². The number of halogens is 1. The van der Waals surface area contributed by atoms with E-state index in [1.165, 1.54) is 12.1 Å². The van der Waals surface area contributed by atoms with Crippen LogP contribution < -0.4 is 10.5 Å². The zero-order valence-corrected chi connectivity index (χ0v) is 10.8. The quantitative estimate of drug-likeness (QED) is 0.840. The molecule has 0 fully saturated rings. The predicted octanol–water partition coefficient (Wildman–Crippen LogP) is 3.12. The van der Waals surface area contributed by atoms with Gasteiger partial charge in [-0.2, -0.15) is 11.8 Å². The monoisotopic (exact) mass is 255 g/mol. The Morgan fingerprint density at radius 1 is 1.53 bits per heavy atom. The minimum atomic E-state index is -0.263. The lowest BCUT2D eigenvalue weighted by Gasteiger charge is -2.30. The van der Waals surface area contributed by atoms with Gasteiger partial charge in [0.25, 0.3) is 0 Å². The van der Waals surface area contributed by atoms with Gasteiger partial charge in [-0.1, -0.05) is 6.07 Å². The fourth-order valence-corrected chi connectivity index (χ4v) is 2.64. The summed E-state index contributed by atoms with van der Waals surface area (Å²) in [4.78, 5) is 0. The Labute approximate surface area is 106 Å². The van der Waals surface area contributed by atoms with E-state index >= 15 is 0 Å². The van der Waals surface area contributed by atoms with Gasteiger partial charge in [-0.3, -0.25) is 0 Å². The molecule has 0 radical (unpaired) electrons. The summed E-state index contributed by atoms with van der Waals surface area (Å²) in [6.07, 6.45) is 5.16. The highest BCUT2D eigenvalue weighted by Crippen LogP contribution is 2.35. The maximum atomic E-state index is 13.1. The van der Waals surface area contributed by atoms with Crippen LogP contribution in [0, 0.1) is 5.82 Å². The van der Waals surface area contributed by atoms with Crippen LogP contribution in [0.2, 0.25) is 0 Å². The van der Waals surface area contributed by atoms with Crippen LogP contribution in [0.25, 0.3) is 0 Å². The molecule has 0 saturated heterocycles. The highest BCUT2D eigenvalue weighted by Gasteiger charge is 2.25. The first kappa shape index (κ1) is 12.7. The summed E-state index contributed by atoms with van der Waals surface area (Å²) in [6, 6.07) is 4.58. The number of ether oxygens (including phenoxy) is 1. The minimum Gasteiger partial charge on any atom is -0.490 e. The number of hydrogen-bond acceptors (Lipinski definition) is 3. The number of thioether (sulfide) groups is 1. The van der Waals surface area contributed by atoms with Crippen LogP contribution in [0.4, 0.5) is 4.39 Å². The van der Waals surface area contributed by atoms with E-state index in [0.717, 1.165) is 30.6 Å². The minimum absolute atomic E-state index is 0.0290. The van der Waals surface area contributed by atoms with E-state index in [1.54, 1.807) is 6.07 Å². The lowest BCUT2D eigenvalue weighted by atomic mass is 9.95.